The lowest BCUT2D eigenvalue weighted by Gasteiger charge is -2.16. The van der Waals surface area contributed by atoms with Crippen molar-refractivity contribution >= 4 is 5.78 Å². The summed E-state index contributed by atoms with van der Waals surface area (Å²) >= 11 is 0. The minimum atomic E-state index is -0.0477. The van der Waals surface area contributed by atoms with E-state index in [0.717, 1.165) is 11.5 Å². The molecule has 0 spiro atoms. The zero-order chi connectivity index (χ0) is 13.8. The second kappa shape index (κ2) is 5.73. The minimum absolute atomic E-state index is 0.0477. The van der Waals surface area contributed by atoms with Crippen molar-refractivity contribution in [3.05, 3.63) is 36.2 Å². The van der Waals surface area contributed by atoms with E-state index < -0.39 is 0 Å². The van der Waals surface area contributed by atoms with E-state index in [1.807, 2.05) is 44.2 Å². The highest BCUT2D eigenvalue weighted by Gasteiger charge is 2.22. The lowest BCUT2D eigenvalue weighted by Crippen LogP contribution is -2.22. The first-order chi connectivity index (χ1) is 9.09. The molecule has 5 nitrogen and oxygen atoms in total. The number of nitrogens with zero attached hydrogens (tertiary/aromatic N) is 4. The van der Waals surface area contributed by atoms with Crippen LogP contribution in [-0.4, -0.2) is 26.0 Å². The third kappa shape index (κ3) is 3.05. The number of benzene rings is 1. The number of hydrogen-bond donors (Lipinski definition) is 0. The van der Waals surface area contributed by atoms with Crippen LogP contribution >= 0.6 is 0 Å². The first kappa shape index (κ1) is 13.4. The molecule has 0 aliphatic rings. The van der Waals surface area contributed by atoms with Crippen LogP contribution < -0.4 is 0 Å². The molecule has 19 heavy (non-hydrogen) atoms. The Morgan fingerprint density at radius 3 is 2.53 bits per heavy atom. The van der Waals surface area contributed by atoms with E-state index in [0.29, 0.717) is 6.42 Å². The third-order valence-electron chi connectivity index (χ3n) is 3.26. The maximum Gasteiger partial charge on any atom is 0.157 e. The lowest BCUT2D eigenvalue weighted by molar-refractivity contribution is -0.122. The Morgan fingerprint density at radius 2 is 1.95 bits per heavy atom. The van der Waals surface area contributed by atoms with Gasteiger partial charge in [-0.1, -0.05) is 32.0 Å². The largest absolute Gasteiger partial charge is 0.300 e. The number of hydrogen-bond acceptors (Lipinski definition) is 4. The third-order valence-corrected chi connectivity index (χ3v) is 3.26. The molecule has 0 N–H and O–H groups in total. The highest BCUT2D eigenvalue weighted by Crippen LogP contribution is 2.18. The second-order valence-corrected chi connectivity index (χ2v) is 5.01. The van der Waals surface area contributed by atoms with Crippen LogP contribution in [0.1, 0.15) is 26.6 Å². The Labute approximate surface area is 112 Å². The zero-order valence-corrected chi connectivity index (χ0v) is 11.4. The van der Waals surface area contributed by atoms with Gasteiger partial charge >= 0.3 is 0 Å². The van der Waals surface area contributed by atoms with E-state index >= 15 is 0 Å². The van der Waals surface area contributed by atoms with Gasteiger partial charge < -0.3 is 0 Å². The van der Waals surface area contributed by atoms with E-state index in [-0.39, 0.29) is 17.6 Å². The second-order valence-electron chi connectivity index (χ2n) is 5.01. The monoisotopic (exact) mass is 258 g/mol. The molecule has 0 saturated carbocycles. The maximum absolute atomic E-state index is 11.7. The SMILES string of the molecule is CC(=O)C(Cc1nnnn1-c1ccccc1)C(C)C. The molecule has 100 valence electrons. The van der Waals surface area contributed by atoms with Crippen molar-refractivity contribution in [2.45, 2.75) is 27.2 Å². The summed E-state index contributed by atoms with van der Waals surface area (Å²) in [7, 11) is 0. The summed E-state index contributed by atoms with van der Waals surface area (Å²) in [5, 5.41) is 11.8. The van der Waals surface area contributed by atoms with Crippen molar-refractivity contribution < 1.29 is 4.79 Å². The van der Waals surface area contributed by atoms with Crippen LogP contribution in [0.5, 0.6) is 0 Å². The van der Waals surface area contributed by atoms with Crippen LogP contribution in [0.2, 0.25) is 0 Å². The van der Waals surface area contributed by atoms with Crippen molar-refractivity contribution in [2.24, 2.45) is 11.8 Å². The molecule has 1 unspecified atom stereocenters. The van der Waals surface area contributed by atoms with Crippen molar-refractivity contribution in [1.29, 1.82) is 0 Å². The number of carbonyl (C=O) groups is 1. The zero-order valence-electron chi connectivity index (χ0n) is 11.4. The quantitative estimate of drug-likeness (QED) is 0.823. The van der Waals surface area contributed by atoms with Crippen LogP contribution in [0, 0.1) is 11.8 Å². The fourth-order valence-electron chi connectivity index (χ4n) is 2.15. The van der Waals surface area contributed by atoms with Crippen LogP contribution in [0.4, 0.5) is 0 Å². The highest BCUT2D eigenvalue weighted by atomic mass is 16.1. The summed E-state index contributed by atoms with van der Waals surface area (Å²) in [4.78, 5) is 11.7. The van der Waals surface area contributed by atoms with Crippen LogP contribution in [-0.2, 0) is 11.2 Å². The molecule has 0 bridgehead atoms. The molecule has 0 amide bonds. The lowest BCUT2D eigenvalue weighted by atomic mass is 9.89. The molecule has 5 heteroatoms. The molecule has 2 rings (SSSR count). The standard InChI is InChI=1S/C14H18N4O/c1-10(2)13(11(3)19)9-14-15-16-17-18(14)12-7-5-4-6-8-12/h4-8,10,13H,9H2,1-3H3. The molecule has 1 atom stereocenters. The Bertz CT molecular complexity index is 548. The van der Waals surface area contributed by atoms with Crippen molar-refractivity contribution in [3.8, 4) is 5.69 Å². The first-order valence-corrected chi connectivity index (χ1v) is 6.42. The van der Waals surface area contributed by atoms with Crippen LogP contribution in [0.3, 0.4) is 0 Å². The number of para-hydroxylation sites is 1. The Balaban J connectivity index is 2.28. The number of Topliss-reactive ketones (excluding diaryl/α,β-unsaturated/α-hetero) is 1. The van der Waals surface area contributed by atoms with E-state index in [1.54, 1.807) is 11.6 Å². The Morgan fingerprint density at radius 1 is 1.26 bits per heavy atom. The van der Waals surface area contributed by atoms with Crippen molar-refractivity contribution in [2.75, 3.05) is 0 Å². The van der Waals surface area contributed by atoms with Crippen LogP contribution in [0.25, 0.3) is 5.69 Å². The van der Waals surface area contributed by atoms with Gasteiger partial charge in [-0.25, -0.2) is 0 Å². The van der Waals surface area contributed by atoms with Crippen molar-refractivity contribution in [3.63, 3.8) is 0 Å². The fourth-order valence-corrected chi connectivity index (χ4v) is 2.15. The summed E-state index contributed by atoms with van der Waals surface area (Å²) in [6.07, 6.45) is 0.564. The van der Waals surface area contributed by atoms with E-state index in [2.05, 4.69) is 15.5 Å². The molecular weight excluding hydrogens is 240 g/mol. The number of rotatable bonds is 5. The van der Waals surface area contributed by atoms with Gasteiger partial charge in [0, 0.05) is 12.3 Å². The smallest absolute Gasteiger partial charge is 0.157 e. The molecule has 0 aliphatic carbocycles. The molecule has 0 aliphatic heterocycles. The predicted octanol–water partition coefficient (Wildman–Crippen LogP) is 2.07. The molecule has 0 fully saturated rings. The van der Waals surface area contributed by atoms with Gasteiger partial charge in [0.2, 0.25) is 0 Å². The predicted molar refractivity (Wildman–Crippen MR) is 71.9 cm³/mol. The Hall–Kier alpha value is -2.04. The van der Waals surface area contributed by atoms with Gasteiger partial charge in [-0.15, -0.1) is 5.10 Å². The average molecular weight is 258 g/mol. The minimum Gasteiger partial charge on any atom is -0.300 e. The summed E-state index contributed by atoms with van der Waals surface area (Å²) in [5.41, 5.74) is 0.911. The topological polar surface area (TPSA) is 60.7 Å². The van der Waals surface area contributed by atoms with Gasteiger partial charge in [0.15, 0.2) is 5.82 Å². The highest BCUT2D eigenvalue weighted by molar-refractivity contribution is 5.78. The summed E-state index contributed by atoms with van der Waals surface area (Å²) in [6, 6.07) is 9.70. The summed E-state index contributed by atoms with van der Waals surface area (Å²) in [5.74, 6) is 1.13. The summed E-state index contributed by atoms with van der Waals surface area (Å²) < 4.78 is 1.69. The van der Waals surface area contributed by atoms with Gasteiger partial charge in [-0.05, 0) is 35.4 Å². The summed E-state index contributed by atoms with van der Waals surface area (Å²) in [6.45, 7) is 5.72. The average Bonchev–Trinajstić information content (AvgIpc) is 2.84. The van der Waals surface area contributed by atoms with Gasteiger partial charge in [0.1, 0.15) is 5.78 Å². The van der Waals surface area contributed by atoms with Gasteiger partial charge in [0.25, 0.3) is 0 Å². The molecular formula is C14H18N4O. The molecule has 1 aromatic heterocycles. The maximum atomic E-state index is 11.7. The van der Waals surface area contributed by atoms with Crippen LogP contribution in [0.15, 0.2) is 30.3 Å². The fraction of sp³-hybridized carbons (Fsp3) is 0.429. The van der Waals surface area contributed by atoms with Gasteiger partial charge in [-0.3, -0.25) is 4.79 Å². The molecule has 0 radical (unpaired) electrons. The Kier molecular flexibility index (Phi) is 4.04. The van der Waals surface area contributed by atoms with Gasteiger partial charge in [-0.2, -0.15) is 4.68 Å². The number of ketones is 1. The number of aromatic nitrogens is 4. The molecule has 1 heterocycles. The number of carbonyl (C=O) groups excluding carboxylic acids is 1. The van der Waals surface area contributed by atoms with Crippen molar-refractivity contribution in [1.82, 2.24) is 20.2 Å². The molecule has 1 aromatic carbocycles. The van der Waals surface area contributed by atoms with E-state index in [4.69, 9.17) is 0 Å². The van der Waals surface area contributed by atoms with E-state index in [1.165, 1.54) is 0 Å². The first-order valence-electron chi connectivity index (χ1n) is 6.42. The van der Waals surface area contributed by atoms with Gasteiger partial charge in [0.05, 0.1) is 5.69 Å². The number of tetrazole rings is 1. The normalized spacial score (nSPS) is 12.6. The molecule has 0 saturated heterocycles. The van der Waals surface area contributed by atoms with E-state index in [9.17, 15) is 4.79 Å². The molecule has 2 aromatic rings.